The van der Waals surface area contributed by atoms with Crippen molar-refractivity contribution >= 4 is 11.9 Å². The molecule has 3 rings (SSSR count). The molecule has 148 valence electrons. The second-order valence-corrected chi connectivity index (χ2v) is 6.61. The molecule has 0 saturated heterocycles. The van der Waals surface area contributed by atoms with Crippen molar-refractivity contribution in [3.05, 3.63) is 53.7 Å². The van der Waals surface area contributed by atoms with Crippen LogP contribution in [0.15, 0.2) is 36.5 Å². The number of methoxy groups -OCH3 is 1. The van der Waals surface area contributed by atoms with Gasteiger partial charge in [-0.15, -0.1) is 0 Å². The largest absolute Gasteiger partial charge is 0.469 e. The number of hydrogen-bond acceptors (Lipinski definition) is 5. The van der Waals surface area contributed by atoms with Gasteiger partial charge in [-0.05, 0) is 56.0 Å². The van der Waals surface area contributed by atoms with E-state index >= 15 is 0 Å². The van der Waals surface area contributed by atoms with Gasteiger partial charge in [0.15, 0.2) is 0 Å². The molecular formula is C20H20F2N2O4. The molecule has 1 aliphatic carbocycles. The van der Waals surface area contributed by atoms with Crippen LogP contribution in [0.4, 0.5) is 8.78 Å². The van der Waals surface area contributed by atoms with E-state index in [4.69, 9.17) is 9.47 Å². The Morgan fingerprint density at radius 1 is 1.07 bits per heavy atom. The van der Waals surface area contributed by atoms with Crippen LogP contribution in [0.25, 0.3) is 0 Å². The Balaban J connectivity index is 1.68. The zero-order valence-electron chi connectivity index (χ0n) is 15.3. The van der Waals surface area contributed by atoms with E-state index in [0.29, 0.717) is 25.7 Å². The summed E-state index contributed by atoms with van der Waals surface area (Å²) in [6, 6.07) is 6.08. The molecule has 2 aromatic rings. The van der Waals surface area contributed by atoms with Crippen molar-refractivity contribution in [3.8, 4) is 11.6 Å². The molecule has 0 unspecified atom stereocenters. The van der Waals surface area contributed by atoms with E-state index in [2.05, 4.69) is 10.3 Å². The third-order valence-corrected chi connectivity index (χ3v) is 4.69. The highest BCUT2D eigenvalue weighted by Gasteiger charge is 2.28. The topological polar surface area (TPSA) is 77.5 Å². The summed E-state index contributed by atoms with van der Waals surface area (Å²) in [5.41, 5.74) is -0.0561. The van der Waals surface area contributed by atoms with Gasteiger partial charge >= 0.3 is 5.97 Å². The van der Waals surface area contributed by atoms with Crippen LogP contribution in [0.5, 0.6) is 11.6 Å². The third-order valence-electron chi connectivity index (χ3n) is 4.69. The van der Waals surface area contributed by atoms with Gasteiger partial charge in [0, 0.05) is 6.04 Å². The number of nitrogens with one attached hydrogen (secondary N) is 1. The minimum atomic E-state index is -0.675. The minimum Gasteiger partial charge on any atom is -0.469 e. The Morgan fingerprint density at radius 3 is 2.39 bits per heavy atom. The Bertz CT molecular complexity index is 850. The smallest absolute Gasteiger partial charge is 0.308 e. The molecule has 0 bridgehead atoms. The molecule has 0 atom stereocenters. The number of pyridine rings is 1. The number of hydrogen-bond donors (Lipinski definition) is 1. The maximum atomic E-state index is 13.7. The predicted molar refractivity (Wildman–Crippen MR) is 95.9 cm³/mol. The van der Waals surface area contributed by atoms with Crippen LogP contribution in [-0.4, -0.2) is 30.0 Å². The Morgan fingerprint density at radius 2 is 1.75 bits per heavy atom. The first-order valence-corrected chi connectivity index (χ1v) is 8.94. The standard InChI is InChI=1S/C20H20F2N2O4/c1-27-20(26)12-2-6-15(7-3-12)24-18(25)17-10-14(22)11-23-19(17)28-16-8-4-13(21)5-9-16/h4-5,8-12,15H,2-3,6-7H2,1H3,(H,24,25). The fourth-order valence-corrected chi connectivity index (χ4v) is 3.19. The molecule has 6 nitrogen and oxygen atoms in total. The highest BCUT2D eigenvalue weighted by atomic mass is 19.1. The van der Waals surface area contributed by atoms with Crippen molar-refractivity contribution in [1.82, 2.24) is 10.3 Å². The van der Waals surface area contributed by atoms with Gasteiger partial charge < -0.3 is 14.8 Å². The summed E-state index contributed by atoms with van der Waals surface area (Å²) in [5, 5.41) is 2.84. The van der Waals surface area contributed by atoms with Crippen LogP contribution in [0.3, 0.4) is 0 Å². The van der Waals surface area contributed by atoms with Crippen LogP contribution in [0.1, 0.15) is 36.0 Å². The summed E-state index contributed by atoms with van der Waals surface area (Å²) >= 11 is 0. The van der Waals surface area contributed by atoms with Crippen LogP contribution in [0, 0.1) is 17.6 Å². The quantitative estimate of drug-likeness (QED) is 0.789. The van der Waals surface area contributed by atoms with Gasteiger partial charge in [-0.2, -0.15) is 0 Å². The number of halogens is 2. The molecule has 1 heterocycles. The minimum absolute atomic E-state index is 0.0561. The molecule has 1 amide bonds. The Hall–Kier alpha value is -3.03. The SMILES string of the molecule is COC(=O)C1CCC(NC(=O)c2cc(F)cnc2Oc2ccc(F)cc2)CC1. The number of carbonyl (C=O) groups excluding carboxylic acids is 2. The average molecular weight is 390 g/mol. The van der Waals surface area contributed by atoms with Gasteiger partial charge in [-0.3, -0.25) is 9.59 Å². The Labute approximate surface area is 160 Å². The number of amides is 1. The van der Waals surface area contributed by atoms with Gasteiger partial charge in [0.2, 0.25) is 5.88 Å². The van der Waals surface area contributed by atoms with Crippen molar-refractivity contribution in [3.63, 3.8) is 0 Å². The van der Waals surface area contributed by atoms with Gasteiger partial charge in [0.25, 0.3) is 5.91 Å². The summed E-state index contributed by atoms with van der Waals surface area (Å²) in [6.07, 6.45) is 3.39. The fourth-order valence-electron chi connectivity index (χ4n) is 3.19. The summed E-state index contributed by atoms with van der Waals surface area (Å²) in [6.45, 7) is 0. The number of benzene rings is 1. The van der Waals surface area contributed by atoms with E-state index in [1.165, 1.54) is 31.4 Å². The molecule has 1 saturated carbocycles. The summed E-state index contributed by atoms with van der Waals surface area (Å²) < 4.78 is 37.0. The maximum Gasteiger partial charge on any atom is 0.308 e. The highest BCUT2D eigenvalue weighted by molar-refractivity contribution is 5.96. The summed E-state index contributed by atoms with van der Waals surface area (Å²) in [4.78, 5) is 28.1. The number of rotatable bonds is 5. The molecule has 0 spiro atoms. The van der Waals surface area contributed by atoms with E-state index in [9.17, 15) is 18.4 Å². The predicted octanol–water partition coefficient (Wildman–Crippen LogP) is 3.61. The van der Waals surface area contributed by atoms with Gasteiger partial charge in [0.05, 0.1) is 19.2 Å². The molecule has 1 aromatic heterocycles. The van der Waals surface area contributed by atoms with Gasteiger partial charge in [0.1, 0.15) is 22.9 Å². The zero-order chi connectivity index (χ0) is 20.1. The second kappa shape index (κ2) is 8.77. The number of carbonyl (C=O) groups is 2. The van der Waals surface area contributed by atoms with Gasteiger partial charge in [-0.25, -0.2) is 13.8 Å². The van der Waals surface area contributed by atoms with E-state index in [1.54, 1.807) is 0 Å². The molecule has 1 aromatic carbocycles. The highest BCUT2D eigenvalue weighted by Crippen LogP contribution is 2.27. The molecule has 1 N–H and O–H groups in total. The van der Waals surface area contributed by atoms with Gasteiger partial charge in [-0.1, -0.05) is 0 Å². The van der Waals surface area contributed by atoms with E-state index < -0.39 is 17.5 Å². The zero-order valence-corrected chi connectivity index (χ0v) is 15.3. The lowest BCUT2D eigenvalue weighted by atomic mass is 9.86. The lowest BCUT2D eigenvalue weighted by Crippen LogP contribution is -2.39. The first kappa shape index (κ1) is 19.7. The van der Waals surface area contributed by atoms with Crippen molar-refractivity contribution < 1.29 is 27.8 Å². The molecule has 1 fully saturated rings. The Kier molecular flexibility index (Phi) is 6.18. The van der Waals surface area contributed by atoms with Crippen molar-refractivity contribution in [2.24, 2.45) is 5.92 Å². The molecule has 28 heavy (non-hydrogen) atoms. The van der Waals surface area contributed by atoms with E-state index in [1.807, 2.05) is 0 Å². The van der Waals surface area contributed by atoms with Crippen LogP contribution >= 0.6 is 0 Å². The third kappa shape index (κ3) is 4.82. The van der Waals surface area contributed by atoms with Crippen molar-refractivity contribution in [2.75, 3.05) is 7.11 Å². The van der Waals surface area contributed by atoms with E-state index in [-0.39, 0.29) is 35.1 Å². The first-order valence-electron chi connectivity index (χ1n) is 8.94. The average Bonchev–Trinajstić information content (AvgIpc) is 2.71. The molecule has 8 heteroatoms. The second-order valence-electron chi connectivity index (χ2n) is 6.61. The molecule has 1 aliphatic rings. The van der Waals surface area contributed by atoms with Crippen LogP contribution < -0.4 is 10.1 Å². The van der Waals surface area contributed by atoms with Crippen LogP contribution in [0.2, 0.25) is 0 Å². The van der Waals surface area contributed by atoms with Crippen molar-refractivity contribution in [1.29, 1.82) is 0 Å². The molecule has 0 radical (unpaired) electrons. The van der Waals surface area contributed by atoms with Crippen molar-refractivity contribution in [2.45, 2.75) is 31.7 Å². The molecular weight excluding hydrogens is 370 g/mol. The summed E-state index contributed by atoms with van der Waals surface area (Å²) in [5.74, 6) is -1.83. The molecule has 0 aliphatic heterocycles. The number of nitrogens with zero attached hydrogens (tertiary/aromatic N) is 1. The lowest BCUT2D eigenvalue weighted by molar-refractivity contribution is -0.146. The number of aromatic nitrogens is 1. The number of esters is 1. The number of ether oxygens (including phenoxy) is 2. The lowest BCUT2D eigenvalue weighted by Gasteiger charge is -2.27. The summed E-state index contributed by atoms with van der Waals surface area (Å²) in [7, 11) is 1.36. The maximum absolute atomic E-state index is 13.7. The first-order chi connectivity index (χ1) is 13.5. The van der Waals surface area contributed by atoms with E-state index in [0.717, 1.165) is 12.3 Å². The normalized spacial score (nSPS) is 19.0. The monoisotopic (exact) mass is 390 g/mol. The van der Waals surface area contributed by atoms with Crippen LogP contribution in [-0.2, 0) is 9.53 Å². The fraction of sp³-hybridized carbons (Fsp3) is 0.350.